The van der Waals surface area contributed by atoms with E-state index in [0.717, 1.165) is 29.8 Å². The Morgan fingerprint density at radius 3 is 2.57 bits per heavy atom. The van der Waals surface area contributed by atoms with Crippen molar-refractivity contribution in [3.63, 3.8) is 0 Å². The summed E-state index contributed by atoms with van der Waals surface area (Å²) in [7, 11) is 0. The van der Waals surface area contributed by atoms with Gasteiger partial charge in [0.1, 0.15) is 11.6 Å². The second kappa shape index (κ2) is 11.6. The van der Waals surface area contributed by atoms with Crippen LogP contribution in [-0.4, -0.2) is 22.1 Å². The third-order valence-electron chi connectivity index (χ3n) is 5.10. The number of hydrogen-bond acceptors (Lipinski definition) is 3. The third kappa shape index (κ3) is 6.49. The predicted octanol–water partition coefficient (Wildman–Crippen LogP) is 5.75. The van der Waals surface area contributed by atoms with Crippen LogP contribution < -0.4 is 10.1 Å². The minimum atomic E-state index is -0.178. The molecule has 0 aliphatic carbocycles. The molecule has 0 atom stereocenters. The zero-order valence-electron chi connectivity index (χ0n) is 17.6. The maximum Gasteiger partial charge on any atom is 0.258 e. The van der Waals surface area contributed by atoms with E-state index in [-0.39, 0.29) is 12.5 Å². The van der Waals surface area contributed by atoms with E-state index in [1.165, 1.54) is 32.1 Å². The topological polar surface area (TPSA) is 56.2 Å². The molecule has 0 fully saturated rings. The fraction of sp³-hybridized carbons (Fsp3) is 0.417. The summed E-state index contributed by atoms with van der Waals surface area (Å²) in [6.07, 6.45) is 7.48. The average molecular weight is 428 g/mol. The summed E-state index contributed by atoms with van der Waals surface area (Å²) in [6.45, 7) is 3.49. The maximum absolute atomic E-state index is 12.2. The number of carbonyl (C=O) groups is 1. The zero-order chi connectivity index (χ0) is 21.2. The van der Waals surface area contributed by atoms with E-state index in [0.29, 0.717) is 17.3 Å². The molecule has 0 unspecified atom stereocenters. The minimum Gasteiger partial charge on any atom is -0.484 e. The highest BCUT2D eigenvalue weighted by Crippen LogP contribution is 2.18. The SMILES string of the molecule is CCCCCCCCn1c(CNC(=O)COc2ccc(Cl)cc2)nc2ccccc21. The molecule has 0 bridgehead atoms. The molecule has 1 aromatic heterocycles. The lowest BCUT2D eigenvalue weighted by molar-refractivity contribution is -0.123. The van der Waals surface area contributed by atoms with Crippen LogP contribution in [0.15, 0.2) is 48.5 Å². The van der Waals surface area contributed by atoms with Gasteiger partial charge in [-0.25, -0.2) is 4.98 Å². The Bertz CT molecular complexity index is 937. The van der Waals surface area contributed by atoms with E-state index < -0.39 is 0 Å². The van der Waals surface area contributed by atoms with Crippen LogP contribution in [-0.2, 0) is 17.9 Å². The van der Waals surface area contributed by atoms with Crippen LogP contribution in [0.25, 0.3) is 11.0 Å². The van der Waals surface area contributed by atoms with Gasteiger partial charge in [-0.1, -0.05) is 62.8 Å². The van der Waals surface area contributed by atoms with Crippen molar-refractivity contribution in [2.24, 2.45) is 0 Å². The van der Waals surface area contributed by atoms with Gasteiger partial charge in [0, 0.05) is 11.6 Å². The Balaban J connectivity index is 1.55. The molecular weight excluding hydrogens is 398 g/mol. The molecule has 1 heterocycles. The lowest BCUT2D eigenvalue weighted by atomic mass is 10.1. The van der Waals surface area contributed by atoms with Gasteiger partial charge in [-0.05, 0) is 42.8 Å². The first-order chi connectivity index (χ1) is 14.7. The average Bonchev–Trinajstić information content (AvgIpc) is 3.12. The van der Waals surface area contributed by atoms with Gasteiger partial charge >= 0.3 is 0 Å². The van der Waals surface area contributed by atoms with Gasteiger partial charge in [-0.3, -0.25) is 4.79 Å². The number of halogens is 1. The lowest BCUT2D eigenvalue weighted by Crippen LogP contribution is -2.29. The second-order valence-electron chi connectivity index (χ2n) is 7.46. The number of nitrogens with one attached hydrogen (secondary N) is 1. The van der Waals surface area contributed by atoms with Gasteiger partial charge in [-0.2, -0.15) is 0 Å². The molecule has 3 aromatic rings. The van der Waals surface area contributed by atoms with Crippen LogP contribution in [0.5, 0.6) is 5.75 Å². The number of ether oxygens (including phenoxy) is 1. The number of imidazole rings is 1. The van der Waals surface area contributed by atoms with E-state index in [1.807, 2.05) is 18.2 Å². The van der Waals surface area contributed by atoms with Crippen molar-refractivity contribution in [1.82, 2.24) is 14.9 Å². The van der Waals surface area contributed by atoms with Crippen molar-refractivity contribution in [1.29, 1.82) is 0 Å². The summed E-state index contributed by atoms with van der Waals surface area (Å²) >= 11 is 5.86. The van der Waals surface area contributed by atoms with Crippen LogP contribution in [0.3, 0.4) is 0 Å². The summed E-state index contributed by atoms with van der Waals surface area (Å²) in [4.78, 5) is 17.0. The molecule has 1 N–H and O–H groups in total. The number of benzene rings is 2. The highest BCUT2D eigenvalue weighted by atomic mass is 35.5. The molecule has 0 aliphatic heterocycles. The Labute approximate surface area is 183 Å². The molecule has 0 spiro atoms. The summed E-state index contributed by atoms with van der Waals surface area (Å²) in [5, 5.41) is 3.56. The lowest BCUT2D eigenvalue weighted by Gasteiger charge is -2.11. The number of nitrogens with zero attached hydrogens (tertiary/aromatic N) is 2. The number of amides is 1. The van der Waals surface area contributed by atoms with E-state index >= 15 is 0 Å². The van der Waals surface area contributed by atoms with Crippen molar-refractivity contribution in [2.75, 3.05) is 6.61 Å². The van der Waals surface area contributed by atoms with Crippen LogP contribution in [0, 0.1) is 0 Å². The largest absolute Gasteiger partial charge is 0.484 e. The van der Waals surface area contributed by atoms with Crippen LogP contribution >= 0.6 is 11.6 Å². The highest BCUT2D eigenvalue weighted by molar-refractivity contribution is 6.30. The molecule has 0 aliphatic rings. The fourth-order valence-corrected chi connectivity index (χ4v) is 3.59. The molecule has 30 heavy (non-hydrogen) atoms. The molecule has 0 saturated carbocycles. The molecule has 1 amide bonds. The molecule has 0 saturated heterocycles. The van der Waals surface area contributed by atoms with Gasteiger partial charge in [0.2, 0.25) is 0 Å². The van der Waals surface area contributed by atoms with Crippen molar-refractivity contribution in [2.45, 2.75) is 58.5 Å². The standard InChI is InChI=1S/C24H30ClN3O2/c1-2-3-4-5-6-9-16-28-22-11-8-7-10-21(22)27-23(28)17-26-24(29)18-30-20-14-12-19(25)13-15-20/h7-8,10-15H,2-6,9,16-18H2,1H3,(H,26,29). The zero-order valence-corrected chi connectivity index (χ0v) is 18.3. The van der Waals surface area contributed by atoms with Crippen LogP contribution in [0.2, 0.25) is 5.02 Å². The van der Waals surface area contributed by atoms with E-state index in [9.17, 15) is 4.79 Å². The van der Waals surface area contributed by atoms with Crippen molar-refractivity contribution < 1.29 is 9.53 Å². The number of rotatable bonds is 12. The molecule has 6 heteroatoms. The minimum absolute atomic E-state index is 0.0424. The van der Waals surface area contributed by atoms with Crippen LogP contribution in [0.4, 0.5) is 0 Å². The first kappa shape index (κ1) is 22.2. The van der Waals surface area contributed by atoms with E-state index in [2.05, 4.69) is 22.9 Å². The van der Waals surface area contributed by atoms with Gasteiger partial charge in [0.05, 0.1) is 17.6 Å². The smallest absolute Gasteiger partial charge is 0.258 e. The summed E-state index contributed by atoms with van der Waals surface area (Å²) in [5.74, 6) is 1.32. The molecule has 0 radical (unpaired) electrons. The van der Waals surface area contributed by atoms with Crippen molar-refractivity contribution >= 4 is 28.5 Å². The quantitative estimate of drug-likeness (QED) is 0.374. The summed E-state index contributed by atoms with van der Waals surface area (Å²) in [6, 6.07) is 15.1. The number of aromatic nitrogens is 2. The van der Waals surface area contributed by atoms with Gasteiger partial charge in [0.15, 0.2) is 6.61 Å². The van der Waals surface area contributed by atoms with Crippen LogP contribution in [0.1, 0.15) is 51.3 Å². The molecular formula is C24H30ClN3O2. The number of unbranched alkanes of at least 4 members (excludes halogenated alkanes) is 5. The van der Waals surface area contributed by atoms with E-state index in [4.69, 9.17) is 21.3 Å². The van der Waals surface area contributed by atoms with Crippen molar-refractivity contribution in [3.05, 3.63) is 59.4 Å². The Kier molecular flexibility index (Phi) is 8.57. The number of aryl methyl sites for hydroxylation is 1. The Morgan fingerprint density at radius 1 is 1.03 bits per heavy atom. The summed E-state index contributed by atoms with van der Waals surface area (Å²) in [5.41, 5.74) is 2.08. The second-order valence-corrected chi connectivity index (χ2v) is 7.89. The molecule has 2 aromatic carbocycles. The van der Waals surface area contributed by atoms with Gasteiger partial charge in [0.25, 0.3) is 5.91 Å². The summed E-state index contributed by atoms with van der Waals surface area (Å²) < 4.78 is 7.75. The first-order valence-corrected chi connectivity index (χ1v) is 11.1. The van der Waals surface area contributed by atoms with E-state index in [1.54, 1.807) is 24.3 Å². The monoisotopic (exact) mass is 427 g/mol. The maximum atomic E-state index is 12.2. The number of carbonyl (C=O) groups excluding carboxylic acids is 1. The first-order valence-electron chi connectivity index (χ1n) is 10.8. The predicted molar refractivity (Wildman–Crippen MR) is 122 cm³/mol. The molecule has 5 nitrogen and oxygen atoms in total. The fourth-order valence-electron chi connectivity index (χ4n) is 3.47. The molecule has 3 rings (SSSR count). The number of fused-ring (bicyclic) bond motifs is 1. The number of hydrogen-bond donors (Lipinski definition) is 1. The number of para-hydroxylation sites is 2. The normalized spacial score (nSPS) is 11.0. The van der Waals surface area contributed by atoms with Crippen molar-refractivity contribution in [3.8, 4) is 5.75 Å². The highest BCUT2D eigenvalue weighted by Gasteiger charge is 2.12. The van der Waals surface area contributed by atoms with Gasteiger partial charge < -0.3 is 14.6 Å². The van der Waals surface area contributed by atoms with Gasteiger partial charge in [-0.15, -0.1) is 0 Å². The third-order valence-corrected chi connectivity index (χ3v) is 5.35. The molecule has 160 valence electrons. The Hall–Kier alpha value is -2.53. The Morgan fingerprint density at radius 2 is 1.77 bits per heavy atom.